The van der Waals surface area contributed by atoms with Gasteiger partial charge in [-0.1, -0.05) is 25.4 Å². The Morgan fingerprint density at radius 1 is 1.28 bits per heavy atom. The molecule has 25 heavy (non-hydrogen) atoms. The first-order valence-electron chi connectivity index (χ1n) is 8.39. The smallest absolute Gasteiger partial charge is 0.161 e. The summed E-state index contributed by atoms with van der Waals surface area (Å²) in [6.07, 6.45) is 2.44. The maximum absolute atomic E-state index is 6.10. The van der Waals surface area contributed by atoms with Crippen molar-refractivity contribution in [2.75, 3.05) is 40.6 Å². The van der Waals surface area contributed by atoms with Crippen LogP contribution in [0.5, 0.6) is 11.5 Å². The molecule has 0 amide bonds. The third-order valence-electron chi connectivity index (χ3n) is 3.20. The minimum atomic E-state index is 0.247. The summed E-state index contributed by atoms with van der Waals surface area (Å²) in [7, 11) is 3.22. The van der Waals surface area contributed by atoms with Crippen LogP contribution in [0.25, 0.3) is 0 Å². The Morgan fingerprint density at radius 3 is 2.64 bits per heavy atom. The molecule has 0 aliphatic carbocycles. The fourth-order valence-electron chi connectivity index (χ4n) is 1.90. The van der Waals surface area contributed by atoms with Gasteiger partial charge in [-0.05, 0) is 18.2 Å². The molecule has 1 aliphatic heterocycles. The molecule has 1 aliphatic rings. The highest BCUT2D eigenvalue weighted by atomic mass is 35.5. The number of benzene rings is 1. The van der Waals surface area contributed by atoms with Crippen molar-refractivity contribution in [1.29, 1.82) is 0 Å². The van der Waals surface area contributed by atoms with Crippen molar-refractivity contribution in [3.05, 3.63) is 23.8 Å². The molecule has 0 atom stereocenters. The van der Waals surface area contributed by atoms with E-state index < -0.39 is 0 Å². The van der Waals surface area contributed by atoms with E-state index in [-0.39, 0.29) is 6.10 Å². The van der Waals surface area contributed by atoms with Crippen LogP contribution < -0.4 is 9.47 Å². The van der Waals surface area contributed by atoms with Gasteiger partial charge in [-0.25, -0.2) is 4.99 Å². The molecule has 0 saturated carbocycles. The lowest BCUT2D eigenvalue weighted by Crippen LogP contribution is -2.36. The van der Waals surface area contributed by atoms with Crippen molar-refractivity contribution in [2.24, 2.45) is 9.98 Å². The molecular formula is C18H27ClN2O4. The fourth-order valence-corrected chi connectivity index (χ4v) is 2.06. The van der Waals surface area contributed by atoms with E-state index in [1.54, 1.807) is 20.2 Å². The molecule has 1 heterocycles. The van der Waals surface area contributed by atoms with Gasteiger partial charge in [-0.15, -0.1) is 0 Å². The van der Waals surface area contributed by atoms with Gasteiger partial charge in [0.25, 0.3) is 0 Å². The Kier molecular flexibility index (Phi) is 10.9. The SMILES string of the molecule is CC.CN=CN=C(Cl)c1ccc(OCCCOC2COC2)c(OC)c1. The summed E-state index contributed by atoms with van der Waals surface area (Å²) < 4.78 is 21.7. The quantitative estimate of drug-likeness (QED) is 0.379. The second-order valence-corrected chi connectivity index (χ2v) is 5.25. The molecule has 0 aromatic heterocycles. The number of hydrogen-bond acceptors (Lipinski definition) is 5. The van der Waals surface area contributed by atoms with Crippen molar-refractivity contribution >= 4 is 23.1 Å². The predicted octanol–water partition coefficient (Wildman–Crippen LogP) is 3.55. The maximum Gasteiger partial charge on any atom is 0.161 e. The van der Waals surface area contributed by atoms with E-state index in [0.29, 0.717) is 43.1 Å². The molecule has 6 nitrogen and oxygen atoms in total. The molecule has 7 heteroatoms. The molecule has 0 bridgehead atoms. The molecule has 2 rings (SSSR count). The second-order valence-electron chi connectivity index (χ2n) is 4.89. The minimum Gasteiger partial charge on any atom is -0.493 e. The minimum absolute atomic E-state index is 0.247. The first kappa shape index (κ1) is 21.4. The predicted molar refractivity (Wildman–Crippen MR) is 102 cm³/mol. The zero-order valence-electron chi connectivity index (χ0n) is 15.3. The average Bonchev–Trinajstić information content (AvgIpc) is 2.62. The largest absolute Gasteiger partial charge is 0.493 e. The summed E-state index contributed by atoms with van der Waals surface area (Å²) in [6.45, 7) is 6.60. The average molecular weight is 371 g/mol. The molecule has 0 spiro atoms. The van der Waals surface area contributed by atoms with Gasteiger partial charge in [0, 0.05) is 19.0 Å². The number of rotatable bonds is 9. The lowest BCUT2D eigenvalue weighted by atomic mass is 10.2. The molecule has 0 radical (unpaired) electrons. The van der Waals surface area contributed by atoms with Crippen LogP contribution in [0.1, 0.15) is 25.8 Å². The number of methoxy groups -OCH3 is 1. The summed E-state index contributed by atoms with van der Waals surface area (Å²) in [5.74, 6) is 1.27. The Hall–Kier alpha value is -1.63. The van der Waals surface area contributed by atoms with Gasteiger partial charge in [0.1, 0.15) is 17.6 Å². The number of ether oxygens (including phenoxy) is 4. The Morgan fingerprint density at radius 2 is 2.04 bits per heavy atom. The highest BCUT2D eigenvalue weighted by molar-refractivity contribution is 6.70. The van der Waals surface area contributed by atoms with Gasteiger partial charge < -0.3 is 18.9 Å². The fraction of sp³-hybridized carbons (Fsp3) is 0.556. The van der Waals surface area contributed by atoms with Crippen LogP contribution in [0.2, 0.25) is 0 Å². The summed E-state index contributed by atoms with van der Waals surface area (Å²) in [5, 5.41) is 0.344. The Balaban J connectivity index is 0.00000151. The van der Waals surface area contributed by atoms with Crippen molar-refractivity contribution in [3.8, 4) is 11.5 Å². The monoisotopic (exact) mass is 370 g/mol. The van der Waals surface area contributed by atoms with Crippen LogP contribution >= 0.6 is 11.6 Å². The van der Waals surface area contributed by atoms with Crippen LogP contribution in [0, 0.1) is 0 Å². The number of aliphatic imine (C=N–C) groups is 2. The van der Waals surface area contributed by atoms with E-state index >= 15 is 0 Å². The van der Waals surface area contributed by atoms with E-state index in [2.05, 4.69) is 9.98 Å². The zero-order valence-corrected chi connectivity index (χ0v) is 16.1. The maximum atomic E-state index is 6.10. The third-order valence-corrected chi connectivity index (χ3v) is 3.51. The van der Waals surface area contributed by atoms with Crippen LogP contribution in [0.15, 0.2) is 28.2 Å². The lowest BCUT2D eigenvalue weighted by Gasteiger charge is -2.25. The summed E-state index contributed by atoms with van der Waals surface area (Å²) in [6, 6.07) is 5.43. The van der Waals surface area contributed by atoms with Crippen LogP contribution in [0.3, 0.4) is 0 Å². The van der Waals surface area contributed by atoms with E-state index in [0.717, 1.165) is 12.0 Å². The van der Waals surface area contributed by atoms with E-state index in [1.807, 2.05) is 26.0 Å². The molecule has 0 unspecified atom stereocenters. The second kappa shape index (κ2) is 12.7. The normalized spacial score (nSPS) is 14.7. The van der Waals surface area contributed by atoms with Crippen LogP contribution in [-0.4, -0.2) is 58.2 Å². The standard InChI is InChI=1S/C16H21ClN2O4.C2H6/c1-18-11-19-16(17)12-4-5-14(15(8-12)20-2)23-7-3-6-22-13-9-21-10-13;1-2/h4-5,8,11,13H,3,6-7,9-10H2,1-2H3;1-2H3. The third kappa shape index (κ3) is 7.42. The zero-order chi connectivity index (χ0) is 18.5. The van der Waals surface area contributed by atoms with E-state index in [9.17, 15) is 0 Å². The summed E-state index contributed by atoms with van der Waals surface area (Å²) in [4.78, 5) is 7.77. The number of halogens is 1. The van der Waals surface area contributed by atoms with Gasteiger partial charge in [0.2, 0.25) is 0 Å². The van der Waals surface area contributed by atoms with Gasteiger partial charge in [0.05, 0.1) is 33.5 Å². The molecule has 140 valence electrons. The highest BCUT2D eigenvalue weighted by Crippen LogP contribution is 2.29. The van der Waals surface area contributed by atoms with E-state index in [1.165, 1.54) is 6.34 Å². The van der Waals surface area contributed by atoms with Gasteiger partial charge >= 0.3 is 0 Å². The van der Waals surface area contributed by atoms with Crippen molar-refractivity contribution in [3.63, 3.8) is 0 Å². The van der Waals surface area contributed by atoms with Crippen molar-refractivity contribution < 1.29 is 18.9 Å². The lowest BCUT2D eigenvalue weighted by molar-refractivity contribution is -0.130. The van der Waals surface area contributed by atoms with Crippen LogP contribution in [0.4, 0.5) is 0 Å². The Labute approximate surface area is 154 Å². The van der Waals surface area contributed by atoms with Gasteiger partial charge in [-0.3, -0.25) is 4.99 Å². The summed E-state index contributed by atoms with van der Waals surface area (Å²) in [5.41, 5.74) is 0.740. The molecule has 1 fully saturated rings. The highest BCUT2D eigenvalue weighted by Gasteiger charge is 2.18. The Bertz CT molecular complexity index is 560. The first-order chi connectivity index (χ1) is 12.2. The first-order valence-corrected chi connectivity index (χ1v) is 8.77. The molecular weight excluding hydrogens is 344 g/mol. The van der Waals surface area contributed by atoms with Crippen molar-refractivity contribution in [1.82, 2.24) is 0 Å². The molecule has 1 saturated heterocycles. The van der Waals surface area contributed by atoms with Gasteiger partial charge in [0.15, 0.2) is 11.5 Å². The summed E-state index contributed by atoms with van der Waals surface area (Å²) >= 11 is 6.10. The van der Waals surface area contributed by atoms with Crippen molar-refractivity contribution in [2.45, 2.75) is 26.4 Å². The van der Waals surface area contributed by atoms with E-state index in [4.69, 9.17) is 30.5 Å². The van der Waals surface area contributed by atoms with Crippen LogP contribution in [-0.2, 0) is 9.47 Å². The van der Waals surface area contributed by atoms with Gasteiger partial charge in [-0.2, -0.15) is 0 Å². The number of hydrogen-bond donors (Lipinski definition) is 0. The molecule has 1 aromatic carbocycles. The molecule has 0 N–H and O–H groups in total. The topological polar surface area (TPSA) is 61.6 Å². The number of nitrogens with zero attached hydrogens (tertiary/aromatic N) is 2. The molecule has 1 aromatic rings.